The summed E-state index contributed by atoms with van der Waals surface area (Å²) < 4.78 is 14.7. The minimum atomic E-state index is -0.342. The van der Waals surface area contributed by atoms with Crippen molar-refractivity contribution in [1.82, 2.24) is 15.0 Å². The summed E-state index contributed by atoms with van der Waals surface area (Å²) in [6, 6.07) is 8.00. The van der Waals surface area contributed by atoms with Crippen LogP contribution in [0.5, 0.6) is 0 Å². The van der Waals surface area contributed by atoms with Crippen molar-refractivity contribution < 1.29 is 4.39 Å². The van der Waals surface area contributed by atoms with Gasteiger partial charge in [-0.15, -0.1) is 5.10 Å². The van der Waals surface area contributed by atoms with Crippen LogP contribution >= 0.6 is 0 Å². The van der Waals surface area contributed by atoms with Crippen molar-refractivity contribution in [2.45, 2.75) is 13.5 Å². The summed E-state index contributed by atoms with van der Waals surface area (Å²) in [4.78, 5) is 0. The molecule has 1 heterocycles. The third kappa shape index (κ3) is 1.65. The molecule has 4 nitrogen and oxygen atoms in total. The maximum atomic E-state index is 13.1. The summed E-state index contributed by atoms with van der Waals surface area (Å²) in [6.45, 7) is 2.47. The average Bonchev–Trinajstić information content (AvgIpc) is 2.71. The summed E-state index contributed by atoms with van der Waals surface area (Å²) in [5.74, 6) is -0.342. The van der Waals surface area contributed by atoms with Crippen molar-refractivity contribution in [3.63, 3.8) is 0 Å². The topological polar surface area (TPSA) is 54.5 Å². The van der Waals surface area contributed by atoms with Crippen molar-refractivity contribution >= 4 is 0 Å². The molecule has 1 aromatic carbocycles. The monoisotopic (exact) mass is 216 g/mol. The number of hydrogen-bond acceptors (Lipinski definition) is 3. The molecule has 2 rings (SSSR count). The maximum absolute atomic E-state index is 13.1. The van der Waals surface area contributed by atoms with Crippen molar-refractivity contribution in [2.24, 2.45) is 0 Å². The maximum Gasteiger partial charge on any atom is 0.190 e. The highest BCUT2D eigenvalue weighted by atomic mass is 19.1. The Morgan fingerprint density at radius 1 is 1.50 bits per heavy atom. The van der Waals surface area contributed by atoms with Crippen LogP contribution < -0.4 is 0 Å². The Morgan fingerprint density at radius 2 is 2.31 bits per heavy atom. The molecule has 0 fully saturated rings. The molecule has 0 saturated carbocycles. The number of halogens is 1. The van der Waals surface area contributed by atoms with Gasteiger partial charge in [-0.25, -0.2) is 9.07 Å². The summed E-state index contributed by atoms with van der Waals surface area (Å²) in [7, 11) is 0. The first-order valence-electron chi connectivity index (χ1n) is 4.85. The first-order chi connectivity index (χ1) is 7.76. The molecule has 0 atom stereocenters. The van der Waals surface area contributed by atoms with Crippen LogP contribution in [0.15, 0.2) is 24.3 Å². The molecule has 1 aromatic heterocycles. The van der Waals surface area contributed by atoms with E-state index in [1.165, 1.54) is 12.1 Å². The van der Waals surface area contributed by atoms with Gasteiger partial charge in [0.1, 0.15) is 17.6 Å². The van der Waals surface area contributed by atoms with E-state index in [-0.39, 0.29) is 11.5 Å². The molecular weight excluding hydrogens is 207 g/mol. The summed E-state index contributed by atoms with van der Waals surface area (Å²) in [5, 5.41) is 16.5. The number of nitriles is 1. The highest BCUT2D eigenvalue weighted by Gasteiger charge is 2.13. The van der Waals surface area contributed by atoms with Crippen LogP contribution in [0.4, 0.5) is 4.39 Å². The van der Waals surface area contributed by atoms with E-state index in [1.807, 2.05) is 13.0 Å². The Hall–Kier alpha value is -2.22. The Bertz CT molecular complexity index is 553. The number of nitrogens with zero attached hydrogens (tertiary/aromatic N) is 4. The lowest BCUT2D eigenvalue weighted by Crippen LogP contribution is -1.99. The molecule has 0 saturated heterocycles. The molecule has 5 heteroatoms. The van der Waals surface area contributed by atoms with Crippen LogP contribution in [0.25, 0.3) is 11.3 Å². The van der Waals surface area contributed by atoms with Gasteiger partial charge in [-0.2, -0.15) is 5.26 Å². The van der Waals surface area contributed by atoms with Crippen molar-refractivity contribution in [2.75, 3.05) is 0 Å². The van der Waals surface area contributed by atoms with Crippen molar-refractivity contribution in [3.8, 4) is 17.3 Å². The number of aryl methyl sites for hydroxylation is 1. The van der Waals surface area contributed by atoms with Crippen molar-refractivity contribution in [1.29, 1.82) is 5.26 Å². The van der Waals surface area contributed by atoms with Gasteiger partial charge in [0.25, 0.3) is 0 Å². The standard InChI is InChI=1S/C11H9FN4/c1-2-16-11(10(7-13)14-15-16)8-4-3-5-9(12)6-8/h3-6H,2H2,1H3. The number of benzene rings is 1. The minimum absolute atomic E-state index is 0.215. The van der Waals surface area contributed by atoms with Gasteiger partial charge in [0.15, 0.2) is 5.69 Å². The zero-order valence-electron chi connectivity index (χ0n) is 8.68. The summed E-state index contributed by atoms with van der Waals surface area (Å²) in [5.41, 5.74) is 1.39. The minimum Gasteiger partial charge on any atom is -0.244 e. The second-order valence-electron chi connectivity index (χ2n) is 3.22. The lowest BCUT2D eigenvalue weighted by atomic mass is 10.1. The zero-order chi connectivity index (χ0) is 11.5. The van der Waals surface area contributed by atoms with E-state index in [0.29, 0.717) is 17.8 Å². The van der Waals surface area contributed by atoms with Gasteiger partial charge in [0, 0.05) is 12.1 Å². The Labute approximate surface area is 91.9 Å². The predicted octanol–water partition coefficient (Wildman–Crippen LogP) is 1.98. The van der Waals surface area contributed by atoms with E-state index in [4.69, 9.17) is 5.26 Å². The second-order valence-corrected chi connectivity index (χ2v) is 3.22. The Balaban J connectivity index is 2.63. The number of hydrogen-bond donors (Lipinski definition) is 0. The van der Waals surface area contributed by atoms with Gasteiger partial charge in [-0.05, 0) is 19.1 Å². The smallest absolute Gasteiger partial charge is 0.190 e. The molecule has 0 amide bonds. The van der Waals surface area contributed by atoms with Crippen LogP contribution in [0.1, 0.15) is 12.6 Å². The van der Waals surface area contributed by atoms with Crippen LogP contribution in [-0.4, -0.2) is 15.0 Å². The first-order valence-corrected chi connectivity index (χ1v) is 4.85. The van der Waals surface area contributed by atoms with E-state index >= 15 is 0 Å². The number of rotatable bonds is 2. The SMILES string of the molecule is CCn1nnc(C#N)c1-c1cccc(F)c1. The summed E-state index contributed by atoms with van der Waals surface area (Å²) in [6.07, 6.45) is 0. The molecule has 0 aliphatic carbocycles. The van der Waals surface area contributed by atoms with Gasteiger partial charge in [0.05, 0.1) is 0 Å². The zero-order valence-corrected chi connectivity index (χ0v) is 8.68. The van der Waals surface area contributed by atoms with Crippen LogP contribution in [-0.2, 0) is 6.54 Å². The third-order valence-electron chi connectivity index (χ3n) is 2.24. The highest BCUT2D eigenvalue weighted by Crippen LogP contribution is 2.22. The van der Waals surface area contributed by atoms with Crippen LogP contribution in [0, 0.1) is 17.1 Å². The second kappa shape index (κ2) is 4.11. The van der Waals surface area contributed by atoms with Crippen LogP contribution in [0.2, 0.25) is 0 Å². The fourth-order valence-corrected chi connectivity index (χ4v) is 1.53. The summed E-state index contributed by atoms with van der Waals surface area (Å²) >= 11 is 0. The van der Waals surface area contributed by atoms with Gasteiger partial charge in [0.2, 0.25) is 0 Å². The molecule has 2 aromatic rings. The lowest BCUT2D eigenvalue weighted by molar-refractivity contribution is 0.623. The molecule has 0 unspecified atom stereocenters. The number of aromatic nitrogens is 3. The van der Waals surface area contributed by atoms with Gasteiger partial charge in [-0.1, -0.05) is 17.3 Å². The Kier molecular flexibility index (Phi) is 2.64. The first kappa shape index (κ1) is 10.3. The van der Waals surface area contributed by atoms with E-state index < -0.39 is 0 Å². The molecule has 0 spiro atoms. The normalized spacial score (nSPS) is 10.1. The molecule has 80 valence electrons. The molecular formula is C11H9FN4. The fraction of sp³-hybridized carbons (Fsp3) is 0.182. The predicted molar refractivity (Wildman–Crippen MR) is 55.8 cm³/mol. The Morgan fingerprint density at radius 3 is 2.94 bits per heavy atom. The van der Waals surface area contributed by atoms with Crippen LogP contribution in [0.3, 0.4) is 0 Å². The fourth-order valence-electron chi connectivity index (χ4n) is 1.53. The molecule has 0 radical (unpaired) electrons. The molecule has 0 aliphatic heterocycles. The van der Waals surface area contributed by atoms with Gasteiger partial charge < -0.3 is 0 Å². The van der Waals surface area contributed by atoms with E-state index in [1.54, 1.807) is 16.8 Å². The van der Waals surface area contributed by atoms with Gasteiger partial charge >= 0.3 is 0 Å². The molecule has 0 aliphatic rings. The van der Waals surface area contributed by atoms with Crippen molar-refractivity contribution in [3.05, 3.63) is 35.8 Å². The molecule has 16 heavy (non-hydrogen) atoms. The highest BCUT2D eigenvalue weighted by molar-refractivity contribution is 5.64. The van der Waals surface area contributed by atoms with E-state index in [9.17, 15) is 4.39 Å². The van der Waals surface area contributed by atoms with Gasteiger partial charge in [-0.3, -0.25) is 0 Å². The average molecular weight is 216 g/mol. The largest absolute Gasteiger partial charge is 0.244 e. The lowest BCUT2D eigenvalue weighted by Gasteiger charge is -2.03. The molecule has 0 bridgehead atoms. The van der Waals surface area contributed by atoms with E-state index in [0.717, 1.165) is 0 Å². The molecule has 0 N–H and O–H groups in total. The third-order valence-corrected chi connectivity index (χ3v) is 2.24. The van der Waals surface area contributed by atoms with E-state index in [2.05, 4.69) is 10.3 Å². The quantitative estimate of drug-likeness (QED) is 0.771.